The molecule has 21 heavy (non-hydrogen) atoms. The van der Waals surface area contributed by atoms with E-state index in [0.29, 0.717) is 0 Å². The molecule has 0 atom stereocenters. The van der Waals surface area contributed by atoms with Crippen LogP contribution in [-0.2, 0) is 6.42 Å². The lowest BCUT2D eigenvalue weighted by Crippen LogP contribution is -2.26. The van der Waals surface area contributed by atoms with Gasteiger partial charge in [0.1, 0.15) is 5.82 Å². The Bertz CT molecular complexity index is 637. The van der Waals surface area contributed by atoms with Gasteiger partial charge in [-0.1, -0.05) is 22.0 Å². The summed E-state index contributed by atoms with van der Waals surface area (Å²) < 4.78 is 1.06. The van der Waals surface area contributed by atoms with Crippen LogP contribution in [-0.4, -0.2) is 17.0 Å². The van der Waals surface area contributed by atoms with Crippen molar-refractivity contribution in [3.05, 3.63) is 58.5 Å². The molecule has 1 aromatic heterocycles. The molecule has 0 saturated carbocycles. The number of hydrazine groups is 1. The van der Waals surface area contributed by atoms with Gasteiger partial charge in [0.05, 0.1) is 5.69 Å². The van der Waals surface area contributed by atoms with Crippen molar-refractivity contribution in [2.24, 2.45) is 0 Å². The van der Waals surface area contributed by atoms with Crippen LogP contribution >= 0.6 is 15.9 Å². The number of aryl methyl sites for hydroxylation is 2. The minimum Gasteiger partial charge on any atom is -0.290 e. The Morgan fingerprint density at radius 2 is 1.90 bits per heavy atom. The first-order valence-corrected chi connectivity index (χ1v) is 7.51. The number of hydrogen-bond donors (Lipinski definition) is 1. The maximum atomic E-state index is 4.51. The van der Waals surface area contributed by atoms with Gasteiger partial charge in [0.2, 0.25) is 0 Å². The molecule has 2 aromatic rings. The number of nitrogens with zero attached hydrogens (tertiary/aromatic N) is 3. The van der Waals surface area contributed by atoms with Gasteiger partial charge in [-0.2, -0.15) is 0 Å². The molecular weight excluding hydrogens is 328 g/mol. The van der Waals surface area contributed by atoms with Crippen molar-refractivity contribution >= 4 is 27.4 Å². The van der Waals surface area contributed by atoms with Gasteiger partial charge in [-0.05, 0) is 44.5 Å². The molecule has 0 aliphatic rings. The third kappa shape index (κ3) is 3.82. The molecule has 0 amide bonds. The number of benzene rings is 1. The van der Waals surface area contributed by atoms with Gasteiger partial charge in [0.25, 0.3) is 0 Å². The average Bonchev–Trinajstić information content (AvgIpc) is 2.43. The zero-order valence-electron chi connectivity index (χ0n) is 12.5. The van der Waals surface area contributed by atoms with Crippen molar-refractivity contribution in [1.29, 1.82) is 0 Å². The fourth-order valence-electron chi connectivity index (χ4n) is 2.11. The van der Waals surface area contributed by atoms with Crippen molar-refractivity contribution in [2.45, 2.75) is 20.3 Å². The first kappa shape index (κ1) is 15.5. The highest BCUT2D eigenvalue weighted by Gasteiger charge is 2.11. The minimum absolute atomic E-state index is 0.739. The number of aromatic nitrogens is 2. The van der Waals surface area contributed by atoms with Gasteiger partial charge >= 0.3 is 0 Å². The molecule has 0 aliphatic heterocycles. The summed E-state index contributed by atoms with van der Waals surface area (Å²) in [6.45, 7) is 7.70. The molecule has 1 aromatic carbocycles. The number of halogens is 1. The summed E-state index contributed by atoms with van der Waals surface area (Å²) in [4.78, 5) is 8.94. The van der Waals surface area contributed by atoms with E-state index >= 15 is 0 Å². The fraction of sp³-hybridized carbons (Fsp3) is 0.250. The van der Waals surface area contributed by atoms with E-state index in [9.17, 15) is 0 Å². The average molecular weight is 347 g/mol. The van der Waals surface area contributed by atoms with Gasteiger partial charge in [-0.3, -0.25) is 10.4 Å². The fourth-order valence-corrected chi connectivity index (χ4v) is 2.37. The van der Waals surface area contributed by atoms with E-state index < -0.39 is 0 Å². The molecule has 1 N–H and O–H groups in total. The van der Waals surface area contributed by atoms with Crippen LogP contribution in [0.25, 0.3) is 0 Å². The van der Waals surface area contributed by atoms with Gasteiger partial charge in [0.15, 0.2) is 5.82 Å². The molecule has 4 nitrogen and oxygen atoms in total. The summed E-state index contributed by atoms with van der Waals surface area (Å²) in [6, 6.07) is 8.08. The highest BCUT2D eigenvalue weighted by Crippen LogP contribution is 2.21. The summed E-state index contributed by atoms with van der Waals surface area (Å²) in [5.41, 5.74) is 6.43. The van der Waals surface area contributed by atoms with Crippen LogP contribution in [0.4, 0.5) is 11.5 Å². The van der Waals surface area contributed by atoms with E-state index in [2.05, 4.69) is 37.9 Å². The molecule has 0 radical (unpaired) electrons. The monoisotopic (exact) mass is 346 g/mol. The van der Waals surface area contributed by atoms with Crippen LogP contribution in [0.2, 0.25) is 0 Å². The van der Waals surface area contributed by atoms with Crippen molar-refractivity contribution in [1.82, 2.24) is 9.97 Å². The predicted octanol–water partition coefficient (Wildman–Crippen LogP) is 4.05. The van der Waals surface area contributed by atoms with Gasteiger partial charge in [-0.15, -0.1) is 6.58 Å². The Hall–Kier alpha value is -1.88. The Labute approximate surface area is 134 Å². The number of hydrogen-bond acceptors (Lipinski definition) is 4. The number of anilines is 2. The third-order valence-corrected chi connectivity index (χ3v) is 3.69. The summed E-state index contributed by atoms with van der Waals surface area (Å²) in [7, 11) is 1.97. The topological polar surface area (TPSA) is 41.1 Å². The maximum absolute atomic E-state index is 4.51. The van der Waals surface area contributed by atoms with Crippen LogP contribution in [0.15, 0.2) is 41.4 Å². The molecule has 0 unspecified atom stereocenters. The molecule has 0 aliphatic carbocycles. The quantitative estimate of drug-likeness (QED) is 0.655. The zero-order valence-corrected chi connectivity index (χ0v) is 14.1. The largest absolute Gasteiger partial charge is 0.290 e. The van der Waals surface area contributed by atoms with Gasteiger partial charge in [0, 0.05) is 22.8 Å². The highest BCUT2D eigenvalue weighted by molar-refractivity contribution is 9.10. The highest BCUT2D eigenvalue weighted by atomic mass is 79.9. The molecule has 2 rings (SSSR count). The van der Waals surface area contributed by atoms with Crippen molar-refractivity contribution in [3.8, 4) is 0 Å². The van der Waals surface area contributed by atoms with Crippen LogP contribution in [0.5, 0.6) is 0 Å². The Morgan fingerprint density at radius 3 is 2.52 bits per heavy atom. The molecule has 5 heteroatoms. The second-order valence-corrected chi connectivity index (χ2v) is 5.74. The molecule has 0 spiro atoms. The zero-order chi connectivity index (χ0) is 15.4. The first-order valence-electron chi connectivity index (χ1n) is 6.72. The second kappa shape index (κ2) is 6.72. The van der Waals surface area contributed by atoms with E-state index in [-0.39, 0.29) is 0 Å². The lowest BCUT2D eigenvalue weighted by atomic mass is 10.1. The Morgan fingerprint density at radius 1 is 1.24 bits per heavy atom. The first-order chi connectivity index (χ1) is 10.0. The normalized spacial score (nSPS) is 10.3. The molecule has 1 heterocycles. The van der Waals surface area contributed by atoms with Gasteiger partial charge in [-0.25, -0.2) is 9.97 Å². The minimum atomic E-state index is 0.739. The van der Waals surface area contributed by atoms with Crippen molar-refractivity contribution < 1.29 is 0 Å². The third-order valence-electron chi connectivity index (χ3n) is 3.16. The summed E-state index contributed by atoms with van der Waals surface area (Å²) >= 11 is 3.44. The van der Waals surface area contributed by atoms with E-state index in [0.717, 1.165) is 39.5 Å². The number of allylic oxidation sites excluding steroid dienone is 1. The van der Waals surface area contributed by atoms with Crippen LogP contribution in [0.1, 0.15) is 17.1 Å². The van der Waals surface area contributed by atoms with Gasteiger partial charge < -0.3 is 0 Å². The Balaban J connectivity index is 2.29. The van der Waals surface area contributed by atoms with E-state index in [1.165, 1.54) is 0 Å². The smallest absolute Gasteiger partial charge is 0.152 e. The van der Waals surface area contributed by atoms with Crippen LogP contribution in [0, 0.1) is 13.8 Å². The van der Waals surface area contributed by atoms with E-state index in [1.807, 2.05) is 56.2 Å². The lowest BCUT2D eigenvalue weighted by Gasteiger charge is -2.23. The van der Waals surface area contributed by atoms with E-state index in [1.54, 1.807) is 0 Å². The summed E-state index contributed by atoms with van der Waals surface area (Å²) in [5.74, 6) is 1.58. The van der Waals surface area contributed by atoms with E-state index in [4.69, 9.17) is 0 Å². The molecular formula is C16H19BrN4. The molecule has 0 bridgehead atoms. The van der Waals surface area contributed by atoms with Crippen LogP contribution in [0.3, 0.4) is 0 Å². The standard InChI is InChI=1S/C16H19BrN4/c1-5-6-15-11(2)18-12(3)19-16(15)20-21(4)14-9-7-13(17)8-10-14/h5,7-10H,1,6H2,2-4H3,(H,18,19,20). The molecule has 0 fully saturated rings. The molecule has 0 saturated heterocycles. The SMILES string of the molecule is C=CCc1c(C)nc(C)nc1NN(C)c1ccc(Br)cc1. The summed E-state index contributed by atoms with van der Waals surface area (Å²) in [6.07, 6.45) is 2.61. The lowest BCUT2D eigenvalue weighted by molar-refractivity contribution is 0.946. The van der Waals surface area contributed by atoms with Crippen molar-refractivity contribution in [3.63, 3.8) is 0 Å². The summed E-state index contributed by atoms with van der Waals surface area (Å²) in [5, 5.41) is 1.94. The maximum Gasteiger partial charge on any atom is 0.152 e. The second-order valence-electron chi connectivity index (χ2n) is 4.82. The van der Waals surface area contributed by atoms with Crippen LogP contribution < -0.4 is 10.4 Å². The van der Waals surface area contributed by atoms with Crippen molar-refractivity contribution in [2.75, 3.05) is 17.5 Å². The Kier molecular flexibility index (Phi) is 4.96. The molecule has 110 valence electrons. The number of nitrogens with one attached hydrogen (secondary N) is 1. The predicted molar refractivity (Wildman–Crippen MR) is 91.6 cm³/mol. The number of rotatable bonds is 5.